The number of ether oxygens (including phenoxy) is 1. The van der Waals surface area contributed by atoms with E-state index in [0.717, 1.165) is 30.6 Å². The third kappa shape index (κ3) is 3.06. The molecule has 1 fully saturated rings. The van der Waals surface area contributed by atoms with E-state index in [4.69, 9.17) is 4.74 Å². The summed E-state index contributed by atoms with van der Waals surface area (Å²) in [5.74, 6) is 0. The molecule has 152 valence electrons. The van der Waals surface area contributed by atoms with Crippen molar-refractivity contribution in [2.75, 3.05) is 11.9 Å². The molecule has 1 unspecified atom stereocenters. The van der Waals surface area contributed by atoms with E-state index in [9.17, 15) is 15.3 Å². The molecule has 0 radical (unpaired) electrons. The Bertz CT molecular complexity index is 1030. The molecule has 1 aromatic carbocycles. The van der Waals surface area contributed by atoms with Gasteiger partial charge in [-0.05, 0) is 30.9 Å². The van der Waals surface area contributed by atoms with Gasteiger partial charge in [-0.25, -0.2) is 15.0 Å². The second-order valence-corrected chi connectivity index (χ2v) is 7.56. The summed E-state index contributed by atoms with van der Waals surface area (Å²) in [5.41, 5.74) is 4.32. The number of rotatable bonds is 3. The van der Waals surface area contributed by atoms with Crippen molar-refractivity contribution in [3.8, 4) is 0 Å². The molecule has 3 aromatic rings. The zero-order valence-corrected chi connectivity index (χ0v) is 15.7. The van der Waals surface area contributed by atoms with Crippen LogP contribution in [0.2, 0.25) is 0 Å². The van der Waals surface area contributed by atoms with Gasteiger partial charge in [-0.2, -0.15) is 0 Å². The summed E-state index contributed by atoms with van der Waals surface area (Å²) >= 11 is 0. The highest BCUT2D eigenvalue weighted by Crippen LogP contribution is 2.35. The second kappa shape index (κ2) is 7.34. The lowest BCUT2D eigenvalue weighted by Gasteiger charge is -2.19. The number of aliphatic hydroxyl groups is 3. The molecule has 0 bridgehead atoms. The number of benzene rings is 1. The van der Waals surface area contributed by atoms with E-state index in [0.29, 0.717) is 11.2 Å². The first-order chi connectivity index (χ1) is 14.2. The lowest BCUT2D eigenvalue weighted by Crippen LogP contribution is -2.33. The van der Waals surface area contributed by atoms with Crippen LogP contribution in [0.5, 0.6) is 0 Å². The minimum Gasteiger partial charge on any atom is -0.394 e. The highest BCUT2D eigenvalue weighted by atomic mass is 16.6. The molecule has 0 amide bonds. The van der Waals surface area contributed by atoms with Crippen molar-refractivity contribution in [3.63, 3.8) is 0 Å². The molecule has 4 N–H and O–H groups in total. The summed E-state index contributed by atoms with van der Waals surface area (Å²) in [6.07, 6.45) is 1.85. The normalized spacial score (nSPS) is 29.4. The summed E-state index contributed by atoms with van der Waals surface area (Å²) in [6, 6.07) is 8.25. The van der Waals surface area contributed by atoms with Gasteiger partial charge in [0.25, 0.3) is 0 Å². The number of anilines is 1. The van der Waals surface area contributed by atoms with Gasteiger partial charge < -0.3 is 25.4 Å². The summed E-state index contributed by atoms with van der Waals surface area (Å²) in [6.45, 7) is -0.382. The van der Waals surface area contributed by atoms with Crippen molar-refractivity contribution in [2.24, 2.45) is 0 Å². The lowest BCUT2D eigenvalue weighted by molar-refractivity contribution is -0.0511. The van der Waals surface area contributed by atoms with Gasteiger partial charge in [0.2, 0.25) is 0 Å². The Balaban J connectivity index is 1.51. The Morgan fingerprint density at radius 2 is 2.00 bits per heavy atom. The number of hydrogen-bond acceptors (Lipinski definition) is 8. The van der Waals surface area contributed by atoms with Crippen molar-refractivity contribution in [3.05, 3.63) is 48.2 Å². The molecule has 5 rings (SSSR count). The molecule has 0 aliphatic carbocycles. The number of para-hydroxylation sites is 1. The van der Waals surface area contributed by atoms with Crippen LogP contribution in [0, 0.1) is 0 Å². The number of imidazole rings is 1. The molecule has 2 aromatic heterocycles. The highest BCUT2D eigenvalue weighted by Gasteiger charge is 2.44. The van der Waals surface area contributed by atoms with E-state index in [1.54, 1.807) is 4.57 Å². The van der Waals surface area contributed by atoms with Crippen LogP contribution in [0.3, 0.4) is 0 Å². The summed E-state index contributed by atoms with van der Waals surface area (Å²) in [4.78, 5) is 13.4. The van der Waals surface area contributed by atoms with Crippen molar-refractivity contribution in [1.29, 1.82) is 0 Å². The predicted octanol–water partition coefficient (Wildman–Crippen LogP) is 0.927. The van der Waals surface area contributed by atoms with Gasteiger partial charge in [0.15, 0.2) is 11.9 Å². The molecular formula is C20H23N5O4. The Kier molecular flexibility index (Phi) is 4.67. The van der Waals surface area contributed by atoms with Crippen molar-refractivity contribution < 1.29 is 20.1 Å². The maximum atomic E-state index is 10.4. The van der Waals surface area contributed by atoms with E-state index >= 15 is 0 Å². The molecule has 0 spiro atoms. The molecule has 9 nitrogen and oxygen atoms in total. The SMILES string of the molecule is OC[C@H]1O[C@@H](n2cnc3c(C4CCCc5ccccc5N4)ncnc32)[C@H](O)[C@@H]1O. The number of nitrogens with one attached hydrogen (secondary N) is 1. The quantitative estimate of drug-likeness (QED) is 0.514. The monoisotopic (exact) mass is 397 g/mol. The van der Waals surface area contributed by atoms with Crippen LogP contribution in [0.25, 0.3) is 11.2 Å². The Morgan fingerprint density at radius 3 is 2.83 bits per heavy atom. The van der Waals surface area contributed by atoms with Crippen molar-refractivity contribution >= 4 is 16.9 Å². The fourth-order valence-electron chi connectivity index (χ4n) is 4.26. The van der Waals surface area contributed by atoms with Gasteiger partial charge in [-0.15, -0.1) is 0 Å². The van der Waals surface area contributed by atoms with Gasteiger partial charge in [0.1, 0.15) is 30.2 Å². The van der Waals surface area contributed by atoms with E-state index in [2.05, 4.69) is 32.4 Å². The number of aryl methyl sites for hydroxylation is 1. The highest BCUT2D eigenvalue weighted by molar-refractivity contribution is 5.74. The lowest BCUT2D eigenvalue weighted by atomic mass is 10.1. The fourth-order valence-corrected chi connectivity index (χ4v) is 4.26. The number of aromatic nitrogens is 4. The van der Waals surface area contributed by atoms with Gasteiger partial charge in [-0.3, -0.25) is 4.57 Å². The van der Waals surface area contributed by atoms with E-state index in [1.165, 1.54) is 18.2 Å². The number of aliphatic hydroxyl groups excluding tert-OH is 3. The first kappa shape index (κ1) is 18.4. The maximum absolute atomic E-state index is 10.4. The van der Waals surface area contributed by atoms with Crippen LogP contribution >= 0.6 is 0 Å². The van der Waals surface area contributed by atoms with Crippen LogP contribution in [-0.2, 0) is 11.2 Å². The minimum absolute atomic E-state index is 0.0160. The van der Waals surface area contributed by atoms with Crippen LogP contribution in [0.15, 0.2) is 36.9 Å². The third-order valence-electron chi connectivity index (χ3n) is 5.79. The van der Waals surface area contributed by atoms with E-state index in [-0.39, 0.29) is 12.6 Å². The maximum Gasteiger partial charge on any atom is 0.165 e. The van der Waals surface area contributed by atoms with Crippen LogP contribution < -0.4 is 5.32 Å². The molecule has 0 saturated carbocycles. The topological polar surface area (TPSA) is 126 Å². The fraction of sp³-hybridized carbons (Fsp3) is 0.450. The van der Waals surface area contributed by atoms with E-state index in [1.807, 2.05) is 12.1 Å². The van der Waals surface area contributed by atoms with Crippen molar-refractivity contribution in [2.45, 2.75) is 49.8 Å². The zero-order chi connectivity index (χ0) is 20.0. The molecule has 1 saturated heterocycles. The Hall–Kier alpha value is -2.59. The minimum atomic E-state index is -1.19. The summed E-state index contributed by atoms with van der Waals surface area (Å²) in [7, 11) is 0. The first-order valence-electron chi connectivity index (χ1n) is 9.81. The standard InChI is InChI=1S/C20H23N5O4/c26-8-14-17(27)18(28)20(29-14)25-10-23-16-15(21-9-22-19(16)25)13-7-3-5-11-4-1-2-6-12(11)24-13/h1-2,4,6,9-10,13-14,17-18,20,24,26-28H,3,5,7-8H2/t13?,14-,17-,18-,20-/m1/s1. The smallest absolute Gasteiger partial charge is 0.165 e. The number of fused-ring (bicyclic) bond motifs is 2. The summed E-state index contributed by atoms with van der Waals surface area (Å²) < 4.78 is 7.23. The first-order valence-corrected chi connectivity index (χ1v) is 9.81. The van der Waals surface area contributed by atoms with Crippen LogP contribution in [0.4, 0.5) is 5.69 Å². The summed E-state index contributed by atoms with van der Waals surface area (Å²) in [5, 5.41) is 33.4. The Labute approximate surface area is 167 Å². The van der Waals surface area contributed by atoms with Gasteiger partial charge in [0.05, 0.1) is 24.7 Å². The molecular weight excluding hydrogens is 374 g/mol. The molecule has 5 atom stereocenters. The molecule has 29 heavy (non-hydrogen) atoms. The zero-order valence-electron chi connectivity index (χ0n) is 15.7. The molecule has 9 heteroatoms. The molecule has 2 aliphatic heterocycles. The van der Waals surface area contributed by atoms with Gasteiger partial charge in [-0.1, -0.05) is 18.2 Å². The van der Waals surface area contributed by atoms with Crippen LogP contribution in [-0.4, -0.2) is 59.8 Å². The number of hydrogen-bond donors (Lipinski definition) is 4. The molecule has 4 heterocycles. The third-order valence-corrected chi connectivity index (χ3v) is 5.79. The van der Waals surface area contributed by atoms with Gasteiger partial charge >= 0.3 is 0 Å². The average Bonchev–Trinajstić information content (AvgIpc) is 3.20. The predicted molar refractivity (Wildman–Crippen MR) is 104 cm³/mol. The molecule has 2 aliphatic rings. The van der Waals surface area contributed by atoms with Crippen molar-refractivity contribution in [1.82, 2.24) is 19.5 Å². The number of nitrogens with zero attached hydrogens (tertiary/aromatic N) is 4. The second-order valence-electron chi connectivity index (χ2n) is 7.56. The van der Waals surface area contributed by atoms with Crippen LogP contribution in [0.1, 0.15) is 36.4 Å². The average molecular weight is 397 g/mol. The van der Waals surface area contributed by atoms with E-state index < -0.39 is 24.5 Å². The van der Waals surface area contributed by atoms with Gasteiger partial charge in [0, 0.05) is 5.69 Å². The Morgan fingerprint density at radius 1 is 1.14 bits per heavy atom. The largest absolute Gasteiger partial charge is 0.394 e.